The van der Waals surface area contributed by atoms with Crippen molar-refractivity contribution in [2.45, 2.75) is 83.6 Å². The van der Waals surface area contributed by atoms with E-state index < -0.39 is 23.8 Å². The number of hydrogen-bond acceptors (Lipinski definition) is 4. The van der Waals surface area contributed by atoms with Crippen LogP contribution in [0.15, 0.2) is 84.9 Å². The Morgan fingerprint density at radius 1 is 0.902 bits per heavy atom. The molecular formula is C34H41N3O4. The van der Waals surface area contributed by atoms with Crippen molar-refractivity contribution < 1.29 is 19.1 Å². The third kappa shape index (κ3) is 8.43. The minimum atomic E-state index is -0.915. The van der Waals surface area contributed by atoms with E-state index in [2.05, 4.69) is 10.6 Å². The van der Waals surface area contributed by atoms with Gasteiger partial charge < -0.3 is 20.3 Å². The van der Waals surface area contributed by atoms with Crippen molar-refractivity contribution in [2.24, 2.45) is 0 Å². The average molecular weight is 556 g/mol. The quantitative estimate of drug-likeness (QED) is 0.328. The van der Waals surface area contributed by atoms with Crippen LogP contribution in [-0.2, 0) is 27.3 Å². The Morgan fingerprint density at radius 2 is 1.54 bits per heavy atom. The number of carbonyl (C=O) groups is 3. The number of nitrogens with one attached hydrogen (secondary N) is 2. The SMILES string of the molecule is Cc1cccc(C(C(=O)NCc2ccccc2)N(C(=O)C(Cc2ccccc2)NC(=O)OC(C)(C)C)C2CCC2)c1. The molecule has 1 fully saturated rings. The highest BCUT2D eigenvalue weighted by atomic mass is 16.6. The Kier molecular flexibility index (Phi) is 9.82. The zero-order valence-corrected chi connectivity index (χ0v) is 24.4. The topological polar surface area (TPSA) is 87.7 Å². The summed E-state index contributed by atoms with van der Waals surface area (Å²) in [6.07, 6.45) is 2.17. The van der Waals surface area contributed by atoms with Crippen molar-refractivity contribution in [3.8, 4) is 0 Å². The summed E-state index contributed by atoms with van der Waals surface area (Å²) in [5, 5.41) is 5.91. The largest absolute Gasteiger partial charge is 0.444 e. The van der Waals surface area contributed by atoms with Crippen molar-refractivity contribution in [3.63, 3.8) is 0 Å². The number of ether oxygens (including phenoxy) is 1. The third-order valence-corrected chi connectivity index (χ3v) is 7.19. The van der Waals surface area contributed by atoms with Crippen molar-refractivity contribution >= 4 is 17.9 Å². The molecule has 4 rings (SSSR count). The number of rotatable bonds is 10. The van der Waals surface area contributed by atoms with Crippen LogP contribution in [0, 0.1) is 6.92 Å². The van der Waals surface area contributed by atoms with Crippen LogP contribution in [0.5, 0.6) is 0 Å². The summed E-state index contributed by atoms with van der Waals surface area (Å²) >= 11 is 0. The molecule has 0 bridgehead atoms. The molecule has 216 valence electrons. The van der Waals surface area contributed by atoms with E-state index in [-0.39, 0.29) is 24.3 Å². The van der Waals surface area contributed by atoms with Gasteiger partial charge in [0.1, 0.15) is 17.7 Å². The van der Waals surface area contributed by atoms with Gasteiger partial charge in [0.2, 0.25) is 11.8 Å². The van der Waals surface area contributed by atoms with Crippen LogP contribution in [-0.4, -0.2) is 40.5 Å². The monoisotopic (exact) mass is 555 g/mol. The summed E-state index contributed by atoms with van der Waals surface area (Å²) in [6.45, 7) is 7.67. The molecule has 7 nitrogen and oxygen atoms in total. The van der Waals surface area contributed by atoms with E-state index in [1.165, 1.54) is 0 Å². The van der Waals surface area contributed by atoms with Gasteiger partial charge in [0.15, 0.2) is 0 Å². The van der Waals surface area contributed by atoms with E-state index in [0.717, 1.165) is 41.5 Å². The van der Waals surface area contributed by atoms with Gasteiger partial charge >= 0.3 is 6.09 Å². The third-order valence-electron chi connectivity index (χ3n) is 7.19. The first-order valence-corrected chi connectivity index (χ1v) is 14.3. The molecule has 0 aliphatic heterocycles. The Balaban J connectivity index is 1.69. The van der Waals surface area contributed by atoms with Crippen LogP contribution in [0.1, 0.15) is 68.3 Å². The van der Waals surface area contributed by atoms with Gasteiger partial charge in [-0.25, -0.2) is 4.79 Å². The molecule has 0 heterocycles. The van der Waals surface area contributed by atoms with Gasteiger partial charge in [0.05, 0.1) is 0 Å². The number of hydrogen-bond donors (Lipinski definition) is 2. The van der Waals surface area contributed by atoms with Gasteiger partial charge in [-0.15, -0.1) is 0 Å². The number of benzene rings is 3. The second-order valence-corrected chi connectivity index (χ2v) is 11.7. The molecule has 2 unspecified atom stereocenters. The maximum absolute atomic E-state index is 14.5. The van der Waals surface area contributed by atoms with Crippen LogP contribution < -0.4 is 10.6 Å². The Labute approximate surface area is 243 Å². The van der Waals surface area contributed by atoms with E-state index in [0.29, 0.717) is 6.54 Å². The molecule has 3 amide bonds. The maximum Gasteiger partial charge on any atom is 0.408 e. The summed E-state index contributed by atoms with van der Waals surface area (Å²) in [4.78, 5) is 43.2. The molecule has 0 radical (unpaired) electrons. The highest BCUT2D eigenvalue weighted by Crippen LogP contribution is 2.34. The van der Waals surface area contributed by atoms with Gasteiger partial charge in [-0.05, 0) is 63.6 Å². The number of alkyl carbamates (subject to hydrolysis) is 1. The summed E-state index contributed by atoms with van der Waals surface area (Å²) < 4.78 is 5.53. The zero-order valence-electron chi connectivity index (χ0n) is 24.4. The highest BCUT2D eigenvalue weighted by Gasteiger charge is 2.42. The number of aryl methyl sites for hydroxylation is 1. The first-order chi connectivity index (χ1) is 19.6. The first kappa shape index (κ1) is 29.8. The standard InChI is InChI=1S/C34H41N3O4/c1-24-13-11-18-27(21-24)30(31(38)35-23-26-16-9-6-10-17-26)37(28-19-12-20-28)32(39)29(22-25-14-7-5-8-15-25)36-33(40)41-34(2,3)4/h5-11,13-18,21,28-30H,12,19-20,22-23H2,1-4H3,(H,35,38)(H,36,40). The molecule has 0 spiro atoms. The lowest BCUT2D eigenvalue weighted by Gasteiger charge is -2.43. The summed E-state index contributed by atoms with van der Waals surface area (Å²) in [5.74, 6) is -0.554. The summed E-state index contributed by atoms with van der Waals surface area (Å²) in [5.41, 5.74) is 2.89. The van der Waals surface area contributed by atoms with Crippen LogP contribution >= 0.6 is 0 Å². The molecule has 2 N–H and O–H groups in total. The molecule has 1 saturated carbocycles. The molecule has 7 heteroatoms. The van der Waals surface area contributed by atoms with Crippen LogP contribution in [0.4, 0.5) is 4.79 Å². The molecule has 0 aromatic heterocycles. The lowest BCUT2D eigenvalue weighted by molar-refractivity contribution is -0.147. The predicted octanol–water partition coefficient (Wildman–Crippen LogP) is 5.87. The zero-order chi connectivity index (χ0) is 29.4. The normalized spacial score (nSPS) is 14.7. The van der Waals surface area contributed by atoms with E-state index in [1.54, 1.807) is 25.7 Å². The van der Waals surface area contributed by atoms with E-state index in [9.17, 15) is 14.4 Å². The summed E-state index contributed by atoms with van der Waals surface area (Å²) in [7, 11) is 0. The van der Waals surface area contributed by atoms with Crippen LogP contribution in [0.3, 0.4) is 0 Å². The molecule has 0 saturated heterocycles. The van der Waals surface area contributed by atoms with E-state index >= 15 is 0 Å². The van der Waals surface area contributed by atoms with Gasteiger partial charge in [-0.1, -0.05) is 90.5 Å². The van der Waals surface area contributed by atoms with Crippen molar-refractivity contribution in [1.82, 2.24) is 15.5 Å². The Morgan fingerprint density at radius 3 is 2.10 bits per heavy atom. The van der Waals surface area contributed by atoms with Gasteiger partial charge in [0.25, 0.3) is 0 Å². The van der Waals surface area contributed by atoms with Crippen molar-refractivity contribution in [1.29, 1.82) is 0 Å². The smallest absolute Gasteiger partial charge is 0.408 e. The van der Waals surface area contributed by atoms with Crippen molar-refractivity contribution in [2.75, 3.05) is 0 Å². The number of nitrogens with zero attached hydrogens (tertiary/aromatic N) is 1. The molecule has 3 aromatic rings. The molecular weight excluding hydrogens is 514 g/mol. The lowest BCUT2D eigenvalue weighted by Crippen LogP contribution is -2.58. The minimum absolute atomic E-state index is 0.116. The molecule has 1 aliphatic rings. The van der Waals surface area contributed by atoms with Crippen molar-refractivity contribution in [3.05, 3.63) is 107 Å². The Bertz CT molecular complexity index is 1320. The van der Waals surface area contributed by atoms with Gasteiger partial charge in [-0.2, -0.15) is 0 Å². The Hall–Kier alpha value is -4.13. The lowest BCUT2D eigenvalue weighted by atomic mass is 9.87. The molecule has 3 aromatic carbocycles. The second kappa shape index (κ2) is 13.5. The second-order valence-electron chi connectivity index (χ2n) is 11.7. The summed E-state index contributed by atoms with van der Waals surface area (Å²) in [6, 6.07) is 25.1. The highest BCUT2D eigenvalue weighted by molar-refractivity contribution is 5.92. The molecule has 1 aliphatic carbocycles. The fourth-order valence-corrected chi connectivity index (χ4v) is 5.02. The number of carbonyl (C=O) groups excluding carboxylic acids is 3. The average Bonchev–Trinajstić information content (AvgIpc) is 2.90. The fourth-order valence-electron chi connectivity index (χ4n) is 5.02. The first-order valence-electron chi connectivity index (χ1n) is 14.3. The maximum atomic E-state index is 14.5. The van der Waals surface area contributed by atoms with Crippen LogP contribution in [0.25, 0.3) is 0 Å². The van der Waals surface area contributed by atoms with E-state index in [1.807, 2.05) is 91.9 Å². The molecule has 41 heavy (non-hydrogen) atoms. The van der Waals surface area contributed by atoms with Gasteiger partial charge in [-0.3, -0.25) is 9.59 Å². The van der Waals surface area contributed by atoms with Crippen LogP contribution in [0.2, 0.25) is 0 Å². The van der Waals surface area contributed by atoms with E-state index in [4.69, 9.17) is 4.74 Å². The number of amides is 3. The van der Waals surface area contributed by atoms with Gasteiger partial charge in [0, 0.05) is 19.0 Å². The molecule has 2 atom stereocenters. The predicted molar refractivity (Wildman–Crippen MR) is 160 cm³/mol. The fraction of sp³-hybridized carbons (Fsp3) is 0.382. The minimum Gasteiger partial charge on any atom is -0.444 e.